The zero-order valence-corrected chi connectivity index (χ0v) is 12.9. The van der Waals surface area contributed by atoms with Gasteiger partial charge in [0.05, 0.1) is 11.5 Å². The third-order valence-corrected chi connectivity index (χ3v) is 3.63. The summed E-state index contributed by atoms with van der Waals surface area (Å²) in [6, 6.07) is 4.96. The summed E-state index contributed by atoms with van der Waals surface area (Å²) >= 11 is 0. The molecule has 3 nitrogen and oxygen atoms in total. The van der Waals surface area contributed by atoms with Gasteiger partial charge in [0.15, 0.2) is 0 Å². The van der Waals surface area contributed by atoms with Crippen molar-refractivity contribution in [1.29, 1.82) is 5.26 Å². The summed E-state index contributed by atoms with van der Waals surface area (Å²) in [5.41, 5.74) is 1.14. The molecule has 106 valence electrons. The fourth-order valence-electron chi connectivity index (χ4n) is 2.43. The van der Waals surface area contributed by atoms with Gasteiger partial charge < -0.3 is 9.88 Å². The van der Waals surface area contributed by atoms with Crippen LogP contribution in [0, 0.1) is 22.7 Å². The largest absolute Gasteiger partial charge is 0.354 e. The summed E-state index contributed by atoms with van der Waals surface area (Å²) in [5.74, 6) is 0.582. The number of nitriles is 1. The summed E-state index contributed by atoms with van der Waals surface area (Å²) in [6.45, 7) is 9.45. The lowest BCUT2D eigenvalue weighted by atomic mass is 9.90. The minimum Gasteiger partial charge on any atom is -0.354 e. The Labute approximate surface area is 117 Å². The van der Waals surface area contributed by atoms with Crippen molar-refractivity contribution in [2.24, 2.45) is 11.3 Å². The third-order valence-electron chi connectivity index (χ3n) is 3.63. The summed E-state index contributed by atoms with van der Waals surface area (Å²) < 4.78 is 2.23. The van der Waals surface area contributed by atoms with Crippen LogP contribution in [-0.4, -0.2) is 11.6 Å². The van der Waals surface area contributed by atoms with Crippen LogP contribution in [0.25, 0.3) is 0 Å². The number of hydrogen-bond donors (Lipinski definition) is 1. The van der Waals surface area contributed by atoms with E-state index in [1.807, 2.05) is 20.9 Å². The maximum atomic E-state index is 9.00. The predicted molar refractivity (Wildman–Crippen MR) is 79.7 cm³/mol. The molecule has 0 aliphatic heterocycles. The highest BCUT2D eigenvalue weighted by Crippen LogP contribution is 2.23. The van der Waals surface area contributed by atoms with Gasteiger partial charge >= 0.3 is 0 Å². The molecule has 1 heterocycles. The molecule has 0 bridgehead atoms. The highest BCUT2D eigenvalue weighted by atomic mass is 15.0. The first kappa shape index (κ1) is 15.8. The van der Waals surface area contributed by atoms with Gasteiger partial charge in [-0.05, 0) is 51.3 Å². The second-order valence-electron chi connectivity index (χ2n) is 6.29. The lowest BCUT2D eigenvalue weighted by Gasteiger charge is -2.19. The molecule has 1 aromatic rings. The second-order valence-corrected chi connectivity index (χ2v) is 6.29. The van der Waals surface area contributed by atoms with E-state index in [-0.39, 0.29) is 5.41 Å². The second kappa shape index (κ2) is 6.77. The highest BCUT2D eigenvalue weighted by Gasteiger charge is 2.16. The quantitative estimate of drug-likeness (QED) is 0.812. The Balaban J connectivity index is 2.54. The third kappa shape index (κ3) is 4.72. The van der Waals surface area contributed by atoms with E-state index in [0.29, 0.717) is 12.0 Å². The van der Waals surface area contributed by atoms with Crippen LogP contribution in [0.5, 0.6) is 0 Å². The van der Waals surface area contributed by atoms with E-state index in [9.17, 15) is 0 Å². The van der Waals surface area contributed by atoms with Crippen molar-refractivity contribution in [3.05, 3.63) is 24.0 Å². The maximum absolute atomic E-state index is 9.00. The molecule has 0 aromatic carbocycles. The molecular weight excluding hydrogens is 234 g/mol. The van der Waals surface area contributed by atoms with Crippen LogP contribution in [0.2, 0.25) is 0 Å². The molecule has 3 heteroatoms. The van der Waals surface area contributed by atoms with Gasteiger partial charge in [-0.15, -0.1) is 0 Å². The molecule has 0 spiro atoms. The van der Waals surface area contributed by atoms with Gasteiger partial charge in [-0.25, -0.2) is 0 Å². The topological polar surface area (TPSA) is 40.8 Å². The first-order valence-corrected chi connectivity index (χ1v) is 7.14. The molecule has 0 radical (unpaired) electrons. The fourth-order valence-corrected chi connectivity index (χ4v) is 2.43. The van der Waals surface area contributed by atoms with Gasteiger partial charge in [-0.2, -0.15) is 5.26 Å². The molecular formula is C16H27N3. The minimum absolute atomic E-state index is 0.207. The van der Waals surface area contributed by atoms with Crippen LogP contribution in [0.3, 0.4) is 0 Å². The summed E-state index contributed by atoms with van der Waals surface area (Å²) in [6.07, 6.45) is 6.35. The fraction of sp³-hybridized carbons (Fsp3) is 0.688. The molecule has 1 atom stereocenters. The van der Waals surface area contributed by atoms with E-state index in [4.69, 9.17) is 5.26 Å². The number of rotatable bonds is 7. The molecule has 0 saturated carbocycles. The molecule has 0 fully saturated rings. The van der Waals surface area contributed by atoms with Gasteiger partial charge in [0.1, 0.15) is 0 Å². The smallest absolute Gasteiger partial charge is 0.0683 e. The van der Waals surface area contributed by atoms with E-state index in [0.717, 1.165) is 19.4 Å². The Morgan fingerprint density at radius 1 is 1.42 bits per heavy atom. The molecule has 1 aromatic heterocycles. The number of aromatic nitrogens is 1. The average molecular weight is 261 g/mol. The Kier molecular flexibility index (Phi) is 5.62. The monoisotopic (exact) mass is 261 g/mol. The first-order valence-electron chi connectivity index (χ1n) is 7.14. The van der Waals surface area contributed by atoms with Crippen LogP contribution in [0.15, 0.2) is 18.5 Å². The van der Waals surface area contributed by atoms with Gasteiger partial charge in [0.25, 0.3) is 0 Å². The van der Waals surface area contributed by atoms with Crippen LogP contribution in [0.4, 0.5) is 0 Å². The molecule has 0 amide bonds. The van der Waals surface area contributed by atoms with E-state index in [2.05, 4.69) is 48.3 Å². The molecule has 1 N–H and O–H groups in total. The standard InChI is InChI=1S/C16H27N3/c1-13(2)15(18-5)14-7-10-19(11-14)9-6-8-16(3,4)12-17/h7,10-11,13,15,18H,6,8-9H2,1-5H3. The molecule has 0 aliphatic rings. The Bertz CT molecular complexity index is 423. The zero-order valence-electron chi connectivity index (χ0n) is 12.9. The summed E-state index contributed by atoms with van der Waals surface area (Å²) in [4.78, 5) is 0. The van der Waals surface area contributed by atoms with Gasteiger partial charge in [-0.3, -0.25) is 0 Å². The lowest BCUT2D eigenvalue weighted by Crippen LogP contribution is -2.21. The van der Waals surface area contributed by atoms with E-state index in [1.54, 1.807) is 0 Å². The molecule has 0 aliphatic carbocycles. The molecule has 1 unspecified atom stereocenters. The number of aryl methyl sites for hydroxylation is 1. The van der Waals surface area contributed by atoms with Crippen LogP contribution < -0.4 is 5.32 Å². The number of hydrogen-bond acceptors (Lipinski definition) is 2. The maximum Gasteiger partial charge on any atom is 0.0683 e. The SMILES string of the molecule is CNC(c1ccn(CCCC(C)(C)C#N)c1)C(C)C. The van der Waals surface area contributed by atoms with Gasteiger partial charge in [0, 0.05) is 25.0 Å². The lowest BCUT2D eigenvalue weighted by molar-refractivity contribution is 0.414. The van der Waals surface area contributed by atoms with Crippen LogP contribution >= 0.6 is 0 Å². The summed E-state index contributed by atoms with van der Waals surface area (Å²) in [7, 11) is 2.01. The van der Waals surface area contributed by atoms with Crippen molar-refractivity contribution in [2.45, 2.75) is 53.1 Å². The Morgan fingerprint density at radius 3 is 2.63 bits per heavy atom. The molecule has 19 heavy (non-hydrogen) atoms. The van der Waals surface area contributed by atoms with Crippen molar-refractivity contribution in [3.8, 4) is 6.07 Å². The van der Waals surface area contributed by atoms with Crippen molar-refractivity contribution in [1.82, 2.24) is 9.88 Å². The van der Waals surface area contributed by atoms with Crippen LogP contribution in [0.1, 0.15) is 52.1 Å². The average Bonchev–Trinajstić information content (AvgIpc) is 2.78. The van der Waals surface area contributed by atoms with Crippen molar-refractivity contribution in [3.63, 3.8) is 0 Å². The van der Waals surface area contributed by atoms with E-state index >= 15 is 0 Å². The van der Waals surface area contributed by atoms with E-state index in [1.165, 1.54) is 5.56 Å². The first-order chi connectivity index (χ1) is 8.89. The van der Waals surface area contributed by atoms with Crippen molar-refractivity contribution in [2.75, 3.05) is 7.05 Å². The van der Waals surface area contributed by atoms with Crippen molar-refractivity contribution < 1.29 is 0 Å². The molecule has 1 rings (SSSR count). The minimum atomic E-state index is -0.207. The Hall–Kier alpha value is -1.27. The normalized spacial score (nSPS) is 13.5. The van der Waals surface area contributed by atoms with Crippen molar-refractivity contribution >= 4 is 0 Å². The summed E-state index contributed by atoms with van der Waals surface area (Å²) in [5, 5.41) is 12.4. The van der Waals surface area contributed by atoms with Gasteiger partial charge in [0.2, 0.25) is 0 Å². The van der Waals surface area contributed by atoms with E-state index < -0.39 is 0 Å². The van der Waals surface area contributed by atoms with Gasteiger partial charge in [-0.1, -0.05) is 13.8 Å². The number of nitrogens with one attached hydrogen (secondary N) is 1. The Morgan fingerprint density at radius 2 is 2.11 bits per heavy atom. The zero-order chi connectivity index (χ0) is 14.5. The van der Waals surface area contributed by atoms with Crippen LogP contribution in [-0.2, 0) is 6.54 Å². The molecule has 0 saturated heterocycles. The number of nitrogens with zero attached hydrogens (tertiary/aromatic N) is 2. The highest BCUT2D eigenvalue weighted by molar-refractivity contribution is 5.16. The predicted octanol–water partition coefficient (Wildman–Crippen LogP) is 3.73.